The van der Waals surface area contributed by atoms with Gasteiger partial charge in [0.25, 0.3) is 5.91 Å². The second kappa shape index (κ2) is 6.29. The Labute approximate surface area is 112 Å². The number of carbonyl (C=O) groups is 2. The molecule has 1 atom stereocenters. The zero-order valence-electron chi connectivity index (χ0n) is 10.8. The van der Waals surface area contributed by atoms with Crippen molar-refractivity contribution in [1.82, 2.24) is 10.6 Å². The topological polar surface area (TPSA) is 58.2 Å². The Morgan fingerprint density at radius 2 is 2.16 bits per heavy atom. The lowest BCUT2D eigenvalue weighted by Crippen LogP contribution is -2.45. The van der Waals surface area contributed by atoms with Crippen molar-refractivity contribution in [2.24, 2.45) is 0 Å². The average molecular weight is 258 g/mol. The Balaban J connectivity index is 2.06. The van der Waals surface area contributed by atoms with Gasteiger partial charge in [-0.25, -0.2) is 0 Å². The fourth-order valence-corrected chi connectivity index (χ4v) is 2.18. The fraction of sp³-hybridized carbons (Fsp3) is 0.333. The van der Waals surface area contributed by atoms with Gasteiger partial charge in [0, 0.05) is 23.7 Å². The number of ketones is 1. The van der Waals surface area contributed by atoms with E-state index < -0.39 is 0 Å². The first-order valence-electron chi connectivity index (χ1n) is 6.49. The Bertz CT molecular complexity index is 491. The van der Waals surface area contributed by atoms with Crippen molar-refractivity contribution in [1.29, 1.82) is 0 Å². The normalized spacial score (nSPS) is 18.6. The number of benzene rings is 1. The third-order valence-electron chi connectivity index (χ3n) is 3.23. The van der Waals surface area contributed by atoms with Gasteiger partial charge in [-0.3, -0.25) is 9.59 Å². The van der Waals surface area contributed by atoms with Crippen molar-refractivity contribution in [3.8, 4) is 0 Å². The quantitative estimate of drug-likeness (QED) is 0.636. The van der Waals surface area contributed by atoms with Gasteiger partial charge >= 0.3 is 0 Å². The second-order valence-corrected chi connectivity index (χ2v) is 4.67. The number of piperidine rings is 1. The molecule has 0 unspecified atom stereocenters. The van der Waals surface area contributed by atoms with Crippen molar-refractivity contribution in [3.05, 3.63) is 48.0 Å². The Morgan fingerprint density at radius 1 is 1.37 bits per heavy atom. The molecule has 0 aliphatic carbocycles. The van der Waals surface area contributed by atoms with Crippen molar-refractivity contribution in [2.75, 3.05) is 13.1 Å². The van der Waals surface area contributed by atoms with E-state index in [1.165, 1.54) is 6.08 Å². The van der Waals surface area contributed by atoms with E-state index in [1.54, 1.807) is 24.3 Å². The molecule has 2 rings (SSSR count). The van der Waals surface area contributed by atoms with Crippen LogP contribution in [0, 0.1) is 0 Å². The molecule has 19 heavy (non-hydrogen) atoms. The molecule has 4 nitrogen and oxygen atoms in total. The molecule has 1 aromatic carbocycles. The summed E-state index contributed by atoms with van der Waals surface area (Å²) in [5, 5.41) is 6.23. The van der Waals surface area contributed by atoms with E-state index in [2.05, 4.69) is 17.2 Å². The molecule has 1 aliphatic heterocycles. The van der Waals surface area contributed by atoms with E-state index in [4.69, 9.17) is 0 Å². The fourth-order valence-electron chi connectivity index (χ4n) is 2.18. The summed E-state index contributed by atoms with van der Waals surface area (Å²) in [7, 11) is 0. The molecule has 1 amide bonds. The number of nitrogens with one attached hydrogen (secondary N) is 2. The van der Waals surface area contributed by atoms with Gasteiger partial charge in [0.2, 0.25) is 0 Å². The van der Waals surface area contributed by atoms with E-state index >= 15 is 0 Å². The third kappa shape index (κ3) is 3.51. The smallest absolute Gasteiger partial charge is 0.251 e. The maximum absolute atomic E-state index is 12.1. The van der Waals surface area contributed by atoms with Crippen LogP contribution in [0.4, 0.5) is 0 Å². The molecule has 0 saturated carbocycles. The van der Waals surface area contributed by atoms with Crippen LogP contribution in [0.5, 0.6) is 0 Å². The van der Waals surface area contributed by atoms with Crippen molar-refractivity contribution < 1.29 is 9.59 Å². The first-order valence-corrected chi connectivity index (χ1v) is 6.49. The highest BCUT2D eigenvalue weighted by atomic mass is 16.1. The van der Waals surface area contributed by atoms with Crippen LogP contribution in [-0.4, -0.2) is 30.8 Å². The number of hydrogen-bond donors (Lipinski definition) is 2. The molecule has 0 radical (unpaired) electrons. The average Bonchev–Trinajstić information content (AvgIpc) is 2.47. The summed E-state index contributed by atoms with van der Waals surface area (Å²) in [6, 6.07) is 6.88. The lowest BCUT2D eigenvalue weighted by Gasteiger charge is -2.23. The highest BCUT2D eigenvalue weighted by Gasteiger charge is 2.16. The van der Waals surface area contributed by atoms with Gasteiger partial charge in [-0.1, -0.05) is 18.7 Å². The predicted octanol–water partition coefficient (Wildman–Crippen LogP) is 1.54. The summed E-state index contributed by atoms with van der Waals surface area (Å²) >= 11 is 0. The van der Waals surface area contributed by atoms with Gasteiger partial charge in [0.1, 0.15) is 0 Å². The van der Waals surface area contributed by atoms with Crippen LogP contribution in [0.25, 0.3) is 0 Å². The molecule has 0 spiro atoms. The minimum absolute atomic E-state index is 0.132. The highest BCUT2D eigenvalue weighted by molar-refractivity contribution is 6.06. The van der Waals surface area contributed by atoms with Crippen molar-refractivity contribution in [2.45, 2.75) is 18.9 Å². The molecule has 1 aromatic rings. The Kier molecular flexibility index (Phi) is 4.47. The summed E-state index contributed by atoms with van der Waals surface area (Å²) in [4.78, 5) is 23.6. The van der Waals surface area contributed by atoms with Crippen LogP contribution in [0.1, 0.15) is 33.6 Å². The Hall–Kier alpha value is -1.94. The van der Waals surface area contributed by atoms with Crippen LogP contribution in [0.2, 0.25) is 0 Å². The van der Waals surface area contributed by atoms with Crippen LogP contribution in [0.3, 0.4) is 0 Å². The predicted molar refractivity (Wildman–Crippen MR) is 74.3 cm³/mol. The summed E-state index contributed by atoms with van der Waals surface area (Å²) < 4.78 is 0. The molecule has 1 aliphatic rings. The van der Waals surface area contributed by atoms with Gasteiger partial charge in [-0.05, 0) is 37.6 Å². The van der Waals surface area contributed by atoms with E-state index in [9.17, 15) is 9.59 Å². The summed E-state index contributed by atoms with van der Waals surface area (Å²) in [6.07, 6.45) is 3.31. The molecular weight excluding hydrogens is 240 g/mol. The van der Waals surface area contributed by atoms with Gasteiger partial charge in [-0.15, -0.1) is 0 Å². The zero-order valence-corrected chi connectivity index (χ0v) is 10.8. The first-order chi connectivity index (χ1) is 9.20. The van der Waals surface area contributed by atoms with E-state index in [0.717, 1.165) is 25.9 Å². The van der Waals surface area contributed by atoms with Crippen LogP contribution in [-0.2, 0) is 0 Å². The Morgan fingerprint density at radius 3 is 2.84 bits per heavy atom. The molecule has 1 heterocycles. The number of carbonyl (C=O) groups excluding carboxylic acids is 2. The zero-order chi connectivity index (χ0) is 13.7. The lowest BCUT2D eigenvalue weighted by atomic mass is 10.0. The van der Waals surface area contributed by atoms with E-state index in [0.29, 0.717) is 11.1 Å². The maximum Gasteiger partial charge on any atom is 0.251 e. The molecule has 0 aromatic heterocycles. The summed E-state index contributed by atoms with van der Waals surface area (Å²) in [5.41, 5.74) is 1.00. The van der Waals surface area contributed by atoms with Gasteiger partial charge in [0.05, 0.1) is 0 Å². The van der Waals surface area contributed by atoms with Crippen LogP contribution >= 0.6 is 0 Å². The lowest BCUT2D eigenvalue weighted by molar-refractivity contribution is 0.0930. The van der Waals surface area contributed by atoms with Gasteiger partial charge in [0.15, 0.2) is 5.78 Å². The van der Waals surface area contributed by atoms with E-state index in [-0.39, 0.29) is 17.7 Å². The number of amides is 1. The minimum atomic E-state index is -0.172. The van der Waals surface area contributed by atoms with E-state index in [1.807, 2.05) is 0 Å². The van der Waals surface area contributed by atoms with Crippen molar-refractivity contribution >= 4 is 11.7 Å². The molecule has 2 N–H and O–H groups in total. The van der Waals surface area contributed by atoms with Crippen LogP contribution in [0.15, 0.2) is 36.9 Å². The van der Waals surface area contributed by atoms with Gasteiger partial charge in [-0.2, -0.15) is 0 Å². The molecule has 1 fully saturated rings. The SMILES string of the molecule is C=CC(=O)c1cccc(C(=O)N[C@@H]2CCCNC2)c1. The van der Waals surface area contributed by atoms with Crippen LogP contribution < -0.4 is 10.6 Å². The third-order valence-corrected chi connectivity index (χ3v) is 3.23. The summed E-state index contributed by atoms with van der Waals surface area (Å²) in [5.74, 6) is -0.304. The maximum atomic E-state index is 12.1. The largest absolute Gasteiger partial charge is 0.348 e. The molecule has 1 saturated heterocycles. The second-order valence-electron chi connectivity index (χ2n) is 4.67. The standard InChI is InChI=1S/C15H18N2O2/c1-2-14(18)11-5-3-6-12(9-11)15(19)17-13-7-4-8-16-10-13/h2-3,5-6,9,13,16H,1,4,7-8,10H2,(H,17,19)/t13-/m1/s1. The molecule has 4 heteroatoms. The molecular formula is C15H18N2O2. The van der Waals surface area contributed by atoms with Crippen molar-refractivity contribution in [3.63, 3.8) is 0 Å². The summed E-state index contributed by atoms with van der Waals surface area (Å²) in [6.45, 7) is 5.26. The first kappa shape index (κ1) is 13.5. The monoisotopic (exact) mass is 258 g/mol. The molecule has 100 valence electrons. The van der Waals surface area contributed by atoms with Gasteiger partial charge < -0.3 is 10.6 Å². The number of hydrogen-bond acceptors (Lipinski definition) is 3. The highest BCUT2D eigenvalue weighted by Crippen LogP contribution is 2.08. The minimum Gasteiger partial charge on any atom is -0.348 e. The molecule has 0 bridgehead atoms. The number of allylic oxidation sites excluding steroid dienone is 1. The number of rotatable bonds is 4.